The van der Waals surface area contributed by atoms with E-state index in [1.807, 2.05) is 25.3 Å². The lowest BCUT2D eigenvalue weighted by Gasteiger charge is -2.09. The van der Waals surface area contributed by atoms with Gasteiger partial charge in [-0.2, -0.15) is 0 Å². The van der Waals surface area contributed by atoms with Gasteiger partial charge in [-0.05, 0) is 12.5 Å². The molecule has 0 spiro atoms. The van der Waals surface area contributed by atoms with Crippen molar-refractivity contribution in [2.75, 3.05) is 14.1 Å². The van der Waals surface area contributed by atoms with Crippen LogP contribution in [0.1, 0.15) is 10.6 Å². The van der Waals surface area contributed by atoms with E-state index in [0.717, 1.165) is 11.6 Å². The van der Waals surface area contributed by atoms with Gasteiger partial charge in [0.05, 0.1) is 11.4 Å². The van der Waals surface area contributed by atoms with E-state index in [1.54, 1.807) is 11.3 Å². The minimum atomic E-state index is 0.781. The van der Waals surface area contributed by atoms with E-state index in [2.05, 4.69) is 41.6 Å². The molecule has 2 rings (SSSR count). The summed E-state index contributed by atoms with van der Waals surface area (Å²) >= 11 is 1.73. The van der Waals surface area contributed by atoms with Gasteiger partial charge in [-0.1, -0.05) is 29.8 Å². The largest absolute Gasteiger partial charge is 0.250 e. The van der Waals surface area contributed by atoms with Crippen molar-refractivity contribution in [3.63, 3.8) is 0 Å². The summed E-state index contributed by atoms with van der Waals surface area (Å²) < 4.78 is 0. The van der Waals surface area contributed by atoms with Crippen LogP contribution in [0.5, 0.6) is 0 Å². The molecular formula is C13H17N3S. The summed E-state index contributed by atoms with van der Waals surface area (Å²) in [4.78, 5) is 5.64. The van der Waals surface area contributed by atoms with Gasteiger partial charge >= 0.3 is 0 Å². The van der Waals surface area contributed by atoms with Gasteiger partial charge in [0.2, 0.25) is 0 Å². The SMILES string of the molecule is Cc1ccc(-c2cnc(CNN(C)C)s2)cc1. The molecule has 1 aromatic carbocycles. The summed E-state index contributed by atoms with van der Waals surface area (Å²) in [6.07, 6.45) is 1.95. The highest BCUT2D eigenvalue weighted by Gasteiger charge is 2.04. The molecule has 0 fully saturated rings. The lowest BCUT2D eigenvalue weighted by Crippen LogP contribution is -2.29. The Morgan fingerprint density at radius 2 is 1.94 bits per heavy atom. The number of hydrazine groups is 1. The predicted octanol–water partition coefficient (Wildman–Crippen LogP) is 2.68. The van der Waals surface area contributed by atoms with Crippen LogP contribution in [0.3, 0.4) is 0 Å². The Bertz CT molecular complexity index is 474. The first-order valence-corrected chi connectivity index (χ1v) is 6.39. The normalized spacial score (nSPS) is 11.1. The zero-order valence-electron chi connectivity index (χ0n) is 10.4. The smallest absolute Gasteiger partial charge is 0.108 e. The minimum absolute atomic E-state index is 0.781. The summed E-state index contributed by atoms with van der Waals surface area (Å²) in [5.41, 5.74) is 5.74. The van der Waals surface area contributed by atoms with Crippen molar-refractivity contribution in [3.05, 3.63) is 41.0 Å². The molecule has 0 amide bonds. The van der Waals surface area contributed by atoms with E-state index >= 15 is 0 Å². The number of rotatable bonds is 4. The molecule has 0 aliphatic heterocycles. The summed E-state index contributed by atoms with van der Waals surface area (Å²) in [6.45, 7) is 2.88. The van der Waals surface area contributed by atoms with Gasteiger partial charge in [-0.15, -0.1) is 11.3 Å². The number of aryl methyl sites for hydroxylation is 1. The fraction of sp³-hybridized carbons (Fsp3) is 0.308. The second kappa shape index (κ2) is 5.40. The second-order valence-corrected chi connectivity index (χ2v) is 5.33. The molecule has 0 unspecified atom stereocenters. The molecule has 1 N–H and O–H groups in total. The standard InChI is InChI=1S/C13H17N3S/c1-10-4-6-11(7-5-10)12-8-14-13(17-12)9-15-16(2)3/h4-8,15H,9H2,1-3H3. The quantitative estimate of drug-likeness (QED) is 0.842. The average molecular weight is 247 g/mol. The van der Waals surface area contributed by atoms with Gasteiger partial charge in [0.25, 0.3) is 0 Å². The molecule has 0 radical (unpaired) electrons. The van der Waals surface area contributed by atoms with Crippen molar-refractivity contribution >= 4 is 11.3 Å². The number of benzene rings is 1. The van der Waals surface area contributed by atoms with E-state index in [4.69, 9.17) is 0 Å². The van der Waals surface area contributed by atoms with E-state index in [9.17, 15) is 0 Å². The summed E-state index contributed by atoms with van der Waals surface area (Å²) in [5, 5.41) is 3.04. The molecule has 0 saturated carbocycles. The molecule has 17 heavy (non-hydrogen) atoms. The van der Waals surface area contributed by atoms with Crippen LogP contribution in [0.2, 0.25) is 0 Å². The molecule has 3 nitrogen and oxygen atoms in total. The Balaban J connectivity index is 2.10. The number of aromatic nitrogens is 1. The van der Waals surface area contributed by atoms with Gasteiger partial charge in [0.15, 0.2) is 0 Å². The third-order valence-corrected chi connectivity index (χ3v) is 3.48. The molecular weight excluding hydrogens is 230 g/mol. The monoisotopic (exact) mass is 247 g/mol. The first kappa shape index (κ1) is 12.2. The third-order valence-electron chi connectivity index (χ3n) is 2.44. The van der Waals surface area contributed by atoms with Crippen LogP contribution in [0.25, 0.3) is 10.4 Å². The van der Waals surface area contributed by atoms with Crippen LogP contribution in [0.4, 0.5) is 0 Å². The average Bonchev–Trinajstić information content (AvgIpc) is 2.76. The third kappa shape index (κ3) is 3.36. The summed E-state index contributed by atoms with van der Waals surface area (Å²) in [6, 6.07) is 8.55. The molecule has 0 aliphatic rings. The molecule has 0 saturated heterocycles. The topological polar surface area (TPSA) is 28.2 Å². The number of nitrogens with zero attached hydrogens (tertiary/aromatic N) is 2. The lowest BCUT2D eigenvalue weighted by atomic mass is 10.1. The van der Waals surface area contributed by atoms with Crippen LogP contribution in [0, 0.1) is 6.92 Å². The molecule has 1 aromatic heterocycles. The molecule has 90 valence electrons. The maximum atomic E-state index is 4.42. The van der Waals surface area contributed by atoms with Crippen molar-refractivity contribution in [1.29, 1.82) is 0 Å². The molecule has 4 heteroatoms. The zero-order valence-corrected chi connectivity index (χ0v) is 11.2. The molecule has 2 aromatic rings. The Hall–Kier alpha value is -1.23. The maximum absolute atomic E-state index is 4.42. The fourth-order valence-corrected chi connectivity index (χ4v) is 2.32. The fourth-order valence-electron chi connectivity index (χ4n) is 1.47. The Kier molecular flexibility index (Phi) is 3.89. The molecule has 1 heterocycles. The predicted molar refractivity (Wildman–Crippen MR) is 72.8 cm³/mol. The van der Waals surface area contributed by atoms with Crippen LogP contribution in [-0.2, 0) is 6.54 Å². The van der Waals surface area contributed by atoms with Gasteiger partial charge < -0.3 is 0 Å². The molecule has 0 atom stereocenters. The van der Waals surface area contributed by atoms with Crippen LogP contribution >= 0.6 is 11.3 Å². The van der Waals surface area contributed by atoms with E-state index in [-0.39, 0.29) is 0 Å². The van der Waals surface area contributed by atoms with E-state index < -0.39 is 0 Å². The highest BCUT2D eigenvalue weighted by molar-refractivity contribution is 7.15. The van der Waals surface area contributed by atoms with Gasteiger partial charge in [0.1, 0.15) is 5.01 Å². The lowest BCUT2D eigenvalue weighted by molar-refractivity contribution is 0.286. The van der Waals surface area contributed by atoms with Crippen LogP contribution in [-0.4, -0.2) is 24.1 Å². The summed E-state index contributed by atoms with van der Waals surface area (Å²) in [7, 11) is 3.96. The van der Waals surface area contributed by atoms with Crippen molar-refractivity contribution < 1.29 is 0 Å². The number of nitrogens with one attached hydrogen (secondary N) is 1. The van der Waals surface area contributed by atoms with Crippen molar-refractivity contribution in [1.82, 2.24) is 15.4 Å². The zero-order chi connectivity index (χ0) is 12.3. The van der Waals surface area contributed by atoms with Gasteiger partial charge in [-0.3, -0.25) is 5.01 Å². The van der Waals surface area contributed by atoms with E-state index in [1.165, 1.54) is 16.0 Å². The highest BCUT2D eigenvalue weighted by atomic mass is 32.1. The van der Waals surface area contributed by atoms with E-state index in [0.29, 0.717) is 0 Å². The number of hydrogen-bond donors (Lipinski definition) is 1. The van der Waals surface area contributed by atoms with Crippen molar-refractivity contribution in [2.24, 2.45) is 0 Å². The Labute approximate surface area is 106 Å². The van der Waals surface area contributed by atoms with Crippen LogP contribution < -0.4 is 5.43 Å². The molecule has 0 aliphatic carbocycles. The maximum Gasteiger partial charge on any atom is 0.108 e. The first-order chi connectivity index (χ1) is 8.15. The Morgan fingerprint density at radius 3 is 2.59 bits per heavy atom. The Morgan fingerprint density at radius 1 is 1.24 bits per heavy atom. The van der Waals surface area contributed by atoms with Crippen molar-refractivity contribution in [3.8, 4) is 10.4 Å². The number of thiazole rings is 1. The van der Waals surface area contributed by atoms with Crippen molar-refractivity contribution in [2.45, 2.75) is 13.5 Å². The first-order valence-electron chi connectivity index (χ1n) is 5.58. The van der Waals surface area contributed by atoms with Gasteiger partial charge in [0, 0.05) is 20.3 Å². The number of hydrogen-bond acceptors (Lipinski definition) is 4. The van der Waals surface area contributed by atoms with Crippen LogP contribution in [0.15, 0.2) is 30.5 Å². The molecule has 0 bridgehead atoms. The minimum Gasteiger partial charge on any atom is -0.250 e. The highest BCUT2D eigenvalue weighted by Crippen LogP contribution is 2.26. The van der Waals surface area contributed by atoms with Gasteiger partial charge in [-0.25, -0.2) is 10.4 Å². The second-order valence-electron chi connectivity index (χ2n) is 4.21. The summed E-state index contributed by atoms with van der Waals surface area (Å²) in [5.74, 6) is 0.